The highest BCUT2D eigenvalue weighted by molar-refractivity contribution is 5.97. The van der Waals surface area contributed by atoms with Crippen molar-refractivity contribution >= 4 is 17.5 Å². The Bertz CT molecular complexity index is 1090. The van der Waals surface area contributed by atoms with Crippen molar-refractivity contribution in [1.29, 1.82) is 0 Å². The molecule has 0 radical (unpaired) electrons. The number of pyridine rings is 1. The Hall–Kier alpha value is -3.08. The third-order valence-electron chi connectivity index (χ3n) is 6.15. The number of primary amides is 1. The van der Waals surface area contributed by atoms with Crippen molar-refractivity contribution in [3.05, 3.63) is 58.9 Å². The highest BCUT2D eigenvalue weighted by atomic mass is 19.4. The van der Waals surface area contributed by atoms with E-state index in [0.29, 0.717) is 0 Å². The molecule has 1 aromatic carbocycles. The molecule has 3 rings (SSSR count). The van der Waals surface area contributed by atoms with Crippen molar-refractivity contribution in [2.75, 3.05) is 5.32 Å². The van der Waals surface area contributed by atoms with Gasteiger partial charge in [-0.1, -0.05) is 19.9 Å². The van der Waals surface area contributed by atoms with Crippen LogP contribution in [-0.2, 0) is 16.0 Å². The molecule has 3 N–H and O–H groups in total. The van der Waals surface area contributed by atoms with Gasteiger partial charge >= 0.3 is 6.18 Å². The quantitative estimate of drug-likeness (QED) is 0.642. The average molecular weight is 471 g/mol. The van der Waals surface area contributed by atoms with Crippen molar-refractivity contribution < 1.29 is 36.3 Å². The highest BCUT2D eigenvalue weighted by Crippen LogP contribution is 2.54. The number of carbonyl (C=O) groups is 2. The molecular weight excluding hydrogens is 449 g/mol. The number of hydrogen-bond acceptors (Lipinski definition) is 4. The van der Waals surface area contributed by atoms with E-state index in [1.807, 2.05) is 0 Å². The average Bonchev–Trinajstić information content (AvgIpc) is 3.02. The number of alkyl halides is 3. The van der Waals surface area contributed by atoms with Crippen LogP contribution in [0.15, 0.2) is 30.5 Å². The Kier molecular flexibility index (Phi) is 6.47. The molecule has 6 nitrogen and oxygen atoms in total. The number of hydrogen-bond donors (Lipinski definition) is 2. The lowest BCUT2D eigenvalue weighted by Gasteiger charge is -2.32. The van der Waals surface area contributed by atoms with Gasteiger partial charge in [0.2, 0.25) is 0 Å². The Labute approximate surface area is 186 Å². The van der Waals surface area contributed by atoms with Gasteiger partial charge in [0.1, 0.15) is 11.8 Å². The normalized spacial score (nSPS) is 25.2. The molecule has 33 heavy (non-hydrogen) atoms. The fraction of sp³-hybridized carbons (Fsp3) is 0.409. The number of benzene rings is 1. The third-order valence-corrected chi connectivity index (χ3v) is 6.15. The van der Waals surface area contributed by atoms with E-state index in [1.165, 1.54) is 32.2 Å². The minimum atomic E-state index is -4.85. The summed E-state index contributed by atoms with van der Waals surface area (Å²) in [6, 6.07) is 4.47. The Balaban J connectivity index is 2.07. The molecule has 4 atom stereocenters. The van der Waals surface area contributed by atoms with E-state index in [4.69, 9.17) is 10.5 Å². The van der Waals surface area contributed by atoms with E-state index < -0.39 is 53.2 Å². The summed E-state index contributed by atoms with van der Waals surface area (Å²) >= 11 is 0. The van der Waals surface area contributed by atoms with Crippen LogP contribution in [0.2, 0.25) is 0 Å². The molecule has 1 fully saturated rings. The zero-order chi connectivity index (χ0) is 24.7. The zero-order valence-electron chi connectivity index (χ0n) is 18.0. The molecule has 178 valence electrons. The van der Waals surface area contributed by atoms with Crippen molar-refractivity contribution in [3.8, 4) is 0 Å². The van der Waals surface area contributed by atoms with Gasteiger partial charge in [-0.15, -0.1) is 0 Å². The number of ether oxygens (including phenoxy) is 1. The molecule has 2 amide bonds. The molecule has 2 aromatic rings. The summed E-state index contributed by atoms with van der Waals surface area (Å²) in [5.74, 6) is -6.69. The van der Waals surface area contributed by atoms with Crippen LogP contribution in [0.4, 0.5) is 27.6 Å². The van der Waals surface area contributed by atoms with Gasteiger partial charge < -0.3 is 15.8 Å². The summed E-state index contributed by atoms with van der Waals surface area (Å²) in [5, 5.41) is 2.41. The summed E-state index contributed by atoms with van der Waals surface area (Å²) in [7, 11) is 0. The van der Waals surface area contributed by atoms with Crippen molar-refractivity contribution in [3.63, 3.8) is 0 Å². The van der Waals surface area contributed by atoms with Crippen molar-refractivity contribution in [2.45, 2.75) is 51.0 Å². The van der Waals surface area contributed by atoms with Gasteiger partial charge in [0.05, 0.1) is 0 Å². The van der Waals surface area contributed by atoms with E-state index in [2.05, 4.69) is 10.3 Å². The van der Waals surface area contributed by atoms with Crippen LogP contribution in [0, 0.1) is 17.6 Å². The Morgan fingerprint density at radius 2 is 1.91 bits per heavy atom. The largest absolute Gasteiger partial charge is 0.417 e. The standard InChI is InChI=1S/C22H22F5N3O3/c1-4-12-13(5-6-14(23)17(12)24)16-10(2)21(3,22(25,26)27)33-18(16)20(32)30-11-7-8-29-15(9-11)19(28)31/h5-10,16,18H,4H2,1-3H3,(H2,28,31)(H,29,30,32)/t10-,16+,18-,21-/m1/s1. The van der Waals surface area contributed by atoms with Gasteiger partial charge in [-0.25, -0.2) is 8.78 Å². The van der Waals surface area contributed by atoms with Crippen molar-refractivity contribution in [2.24, 2.45) is 11.7 Å². The number of nitrogens with zero attached hydrogens (tertiary/aromatic N) is 1. The minimum absolute atomic E-state index is 0.00839. The monoisotopic (exact) mass is 471 g/mol. The van der Waals surface area contributed by atoms with Crippen LogP contribution in [0.3, 0.4) is 0 Å². The SMILES string of the molecule is CCc1c([C@@H]2[C@@H](C)[C@](C)(C(F)(F)F)O[C@H]2C(=O)Nc2ccnc(C(N)=O)c2)ccc(F)c1F. The number of halogens is 5. The number of nitrogens with two attached hydrogens (primary N) is 1. The number of carbonyl (C=O) groups excluding carboxylic acids is 2. The summed E-state index contributed by atoms with van der Waals surface area (Å²) in [6.45, 7) is 3.60. The van der Waals surface area contributed by atoms with Gasteiger partial charge in [0.15, 0.2) is 17.2 Å². The lowest BCUT2D eigenvalue weighted by Crippen LogP contribution is -2.47. The second-order valence-corrected chi connectivity index (χ2v) is 8.02. The van der Waals surface area contributed by atoms with Crippen LogP contribution in [0.5, 0.6) is 0 Å². The maximum Gasteiger partial charge on any atom is 0.417 e. The second kappa shape index (κ2) is 8.69. The van der Waals surface area contributed by atoms with Crippen LogP contribution in [-0.4, -0.2) is 34.7 Å². The maximum atomic E-state index is 14.5. The first-order valence-electron chi connectivity index (χ1n) is 10.1. The molecule has 0 unspecified atom stereocenters. The van der Waals surface area contributed by atoms with Crippen LogP contribution in [0.25, 0.3) is 0 Å². The maximum absolute atomic E-state index is 14.5. The Morgan fingerprint density at radius 3 is 2.48 bits per heavy atom. The lowest BCUT2D eigenvalue weighted by atomic mass is 9.75. The van der Waals surface area contributed by atoms with Crippen LogP contribution < -0.4 is 11.1 Å². The van der Waals surface area contributed by atoms with Crippen molar-refractivity contribution in [1.82, 2.24) is 4.98 Å². The summed E-state index contributed by atoms with van der Waals surface area (Å²) in [6.07, 6.45) is -5.35. The first-order chi connectivity index (χ1) is 15.3. The zero-order valence-corrected chi connectivity index (χ0v) is 18.0. The molecule has 1 aliphatic rings. The lowest BCUT2D eigenvalue weighted by molar-refractivity contribution is -0.272. The smallest absolute Gasteiger partial charge is 0.364 e. The molecule has 0 aliphatic carbocycles. The molecule has 1 aliphatic heterocycles. The fourth-order valence-corrected chi connectivity index (χ4v) is 4.16. The molecule has 1 saturated heterocycles. The predicted octanol–water partition coefficient (Wildman–Crippen LogP) is 4.10. The Morgan fingerprint density at radius 1 is 1.24 bits per heavy atom. The summed E-state index contributed by atoms with van der Waals surface area (Å²) in [5.41, 5.74) is 2.26. The van der Waals surface area contributed by atoms with Crippen LogP contribution >= 0.6 is 0 Å². The number of amides is 2. The first kappa shape index (κ1) is 24.6. The molecule has 0 saturated carbocycles. The van der Waals surface area contributed by atoms with E-state index in [0.717, 1.165) is 19.1 Å². The van der Waals surface area contributed by atoms with Gasteiger partial charge in [0, 0.05) is 23.7 Å². The summed E-state index contributed by atoms with van der Waals surface area (Å²) < 4.78 is 75.5. The summed E-state index contributed by atoms with van der Waals surface area (Å²) in [4.78, 5) is 28.1. The van der Waals surface area contributed by atoms with Crippen LogP contribution in [0.1, 0.15) is 48.3 Å². The number of rotatable bonds is 5. The topological polar surface area (TPSA) is 94.3 Å². The van der Waals surface area contributed by atoms with Gasteiger partial charge in [-0.3, -0.25) is 14.6 Å². The molecule has 11 heteroatoms. The first-order valence-corrected chi connectivity index (χ1v) is 10.1. The van der Waals surface area contributed by atoms with E-state index >= 15 is 0 Å². The third kappa shape index (κ3) is 4.29. The van der Waals surface area contributed by atoms with E-state index in [-0.39, 0.29) is 28.9 Å². The molecule has 0 spiro atoms. The highest BCUT2D eigenvalue weighted by Gasteiger charge is 2.65. The van der Waals surface area contributed by atoms with E-state index in [1.54, 1.807) is 0 Å². The number of aromatic nitrogens is 1. The molecular formula is C22H22F5N3O3. The molecule has 0 bridgehead atoms. The molecule has 2 heterocycles. The van der Waals surface area contributed by atoms with E-state index in [9.17, 15) is 31.5 Å². The number of nitrogens with one attached hydrogen (secondary N) is 1. The number of anilines is 1. The van der Waals surface area contributed by atoms with Gasteiger partial charge in [-0.2, -0.15) is 13.2 Å². The fourth-order valence-electron chi connectivity index (χ4n) is 4.16. The molecule has 1 aromatic heterocycles. The van der Waals surface area contributed by atoms with Gasteiger partial charge in [0.25, 0.3) is 11.8 Å². The second-order valence-electron chi connectivity index (χ2n) is 8.02. The van der Waals surface area contributed by atoms with Gasteiger partial charge in [-0.05, 0) is 42.7 Å². The predicted molar refractivity (Wildman–Crippen MR) is 108 cm³/mol. The minimum Gasteiger partial charge on any atom is -0.364 e.